The minimum Gasteiger partial charge on any atom is -0.494 e. The van der Waals surface area contributed by atoms with Crippen LogP contribution in [0, 0.1) is 0 Å². The number of hydrogen-bond donors (Lipinski definition) is 3. The molecule has 45 heavy (non-hydrogen) atoms. The molecule has 12 heteroatoms. The Hall–Kier alpha value is -3.84. The Balaban J connectivity index is 1.33. The number of likely N-dealkylation sites (N-methyl/N-ethyl adjacent to an activating group) is 1. The summed E-state index contributed by atoms with van der Waals surface area (Å²) in [5, 5.41) is 20.9. The van der Waals surface area contributed by atoms with Crippen molar-refractivity contribution in [1.82, 2.24) is 24.8 Å². The van der Waals surface area contributed by atoms with Gasteiger partial charge in [0.25, 0.3) is 5.56 Å². The lowest BCUT2D eigenvalue weighted by atomic mass is 9.86. The highest BCUT2D eigenvalue weighted by Gasteiger charge is 2.45. The highest BCUT2D eigenvalue weighted by Crippen LogP contribution is 2.41. The third kappa shape index (κ3) is 5.95. The van der Waals surface area contributed by atoms with Crippen molar-refractivity contribution in [3.05, 3.63) is 56.9 Å². The van der Waals surface area contributed by atoms with Gasteiger partial charge >= 0.3 is 5.97 Å². The molecule has 3 aliphatic heterocycles. The molecule has 0 saturated carbocycles. The van der Waals surface area contributed by atoms with Gasteiger partial charge in [-0.1, -0.05) is 19.8 Å². The van der Waals surface area contributed by atoms with Crippen molar-refractivity contribution < 1.29 is 29.4 Å². The fourth-order valence-electron chi connectivity index (χ4n) is 6.63. The van der Waals surface area contributed by atoms with Crippen LogP contribution in [0.2, 0.25) is 0 Å². The molecular formula is C33H41N5O7. The van der Waals surface area contributed by atoms with Crippen LogP contribution in [0.5, 0.6) is 5.75 Å². The van der Waals surface area contributed by atoms with Crippen molar-refractivity contribution in [3.63, 3.8) is 0 Å². The maximum Gasteiger partial charge on any atom is 0.343 e. The molecule has 0 bridgehead atoms. The first-order chi connectivity index (χ1) is 21.7. The van der Waals surface area contributed by atoms with Gasteiger partial charge in [-0.3, -0.25) is 19.7 Å². The van der Waals surface area contributed by atoms with Crippen molar-refractivity contribution in [3.8, 4) is 17.1 Å². The van der Waals surface area contributed by atoms with Crippen LogP contribution in [0.1, 0.15) is 67.7 Å². The Morgan fingerprint density at radius 1 is 1.09 bits per heavy atom. The number of fused-ring (bicyclic) bond motifs is 5. The third-order valence-corrected chi connectivity index (χ3v) is 9.45. The standard InChI is InChI=1S/C33H41N5O7/c1-3-33(42)26-17-28-30-24(19-38(28)31(40)25(26)20-45-32(33)41)23(18-37-13-11-36(2)12-14-37)22-16-21(9-10-27(22)34-30)44-15-7-5-4-6-8-29(39)35-43/h9-10,16-17,42-43H,3-8,11-15,18-20H2,1-2H3,(H,35,39)/t33-/m0/s1. The number of ether oxygens (including phenoxy) is 2. The third-order valence-electron chi connectivity index (χ3n) is 9.45. The Morgan fingerprint density at radius 2 is 1.87 bits per heavy atom. The second kappa shape index (κ2) is 12.9. The van der Waals surface area contributed by atoms with E-state index in [4.69, 9.17) is 19.7 Å². The number of hydrogen-bond acceptors (Lipinski definition) is 10. The lowest BCUT2D eigenvalue weighted by molar-refractivity contribution is -0.172. The van der Waals surface area contributed by atoms with Gasteiger partial charge in [0, 0.05) is 55.7 Å². The molecule has 1 atom stereocenters. The summed E-state index contributed by atoms with van der Waals surface area (Å²) in [7, 11) is 2.13. The summed E-state index contributed by atoms with van der Waals surface area (Å²) in [6, 6.07) is 7.66. The number of amides is 1. The lowest BCUT2D eigenvalue weighted by Gasteiger charge is -2.33. The molecule has 3 aliphatic rings. The SMILES string of the molecule is CC[C@@]1(O)C(=O)OCc2c1cc1n(c2=O)Cc2c-1nc1ccc(OCCCCCCC(=O)NO)cc1c2CN1CCN(C)CC1. The number of aliphatic hydroxyl groups is 1. The van der Waals surface area contributed by atoms with Gasteiger partial charge in [-0.15, -0.1) is 0 Å². The zero-order chi connectivity index (χ0) is 31.7. The summed E-state index contributed by atoms with van der Waals surface area (Å²) in [4.78, 5) is 47.4. The van der Waals surface area contributed by atoms with Crippen molar-refractivity contribution in [2.24, 2.45) is 0 Å². The van der Waals surface area contributed by atoms with E-state index in [0.29, 0.717) is 55.1 Å². The second-order valence-electron chi connectivity index (χ2n) is 12.3. The van der Waals surface area contributed by atoms with Gasteiger partial charge in [0.2, 0.25) is 5.91 Å². The second-order valence-corrected chi connectivity index (χ2v) is 12.3. The molecule has 240 valence electrons. The number of piperazine rings is 1. The van der Waals surface area contributed by atoms with Gasteiger partial charge in [-0.2, -0.15) is 0 Å². The molecule has 12 nitrogen and oxygen atoms in total. The Labute approximate surface area is 261 Å². The molecule has 3 aromatic rings. The van der Waals surface area contributed by atoms with E-state index in [1.165, 1.54) is 0 Å². The number of carbonyl (C=O) groups is 2. The number of pyridine rings is 2. The molecule has 1 saturated heterocycles. The van der Waals surface area contributed by atoms with Crippen LogP contribution in [0.4, 0.5) is 0 Å². The Morgan fingerprint density at radius 3 is 2.62 bits per heavy atom. The van der Waals surface area contributed by atoms with Crippen LogP contribution in [0.25, 0.3) is 22.3 Å². The maximum absolute atomic E-state index is 13.8. The van der Waals surface area contributed by atoms with Crippen molar-refractivity contribution in [2.75, 3.05) is 39.8 Å². The number of cyclic esters (lactones) is 1. The number of unbranched alkanes of at least 4 members (excludes halogenated alkanes) is 3. The van der Waals surface area contributed by atoms with Gasteiger partial charge in [0.1, 0.15) is 12.4 Å². The van der Waals surface area contributed by atoms with Crippen LogP contribution in [0.15, 0.2) is 29.1 Å². The van der Waals surface area contributed by atoms with E-state index in [0.717, 1.165) is 73.2 Å². The number of aromatic nitrogens is 2. The summed E-state index contributed by atoms with van der Waals surface area (Å²) in [6.45, 7) is 6.93. The highest BCUT2D eigenvalue weighted by atomic mass is 16.6. The first-order valence-electron chi connectivity index (χ1n) is 15.8. The molecule has 5 heterocycles. The monoisotopic (exact) mass is 619 g/mol. The van der Waals surface area contributed by atoms with E-state index < -0.39 is 11.6 Å². The Kier molecular flexibility index (Phi) is 8.91. The smallest absolute Gasteiger partial charge is 0.343 e. The topological polar surface area (TPSA) is 146 Å². The van der Waals surface area contributed by atoms with Crippen LogP contribution < -0.4 is 15.8 Å². The predicted molar refractivity (Wildman–Crippen MR) is 166 cm³/mol. The van der Waals surface area contributed by atoms with Crippen LogP contribution in [-0.2, 0) is 39.6 Å². The summed E-state index contributed by atoms with van der Waals surface area (Å²) in [5.74, 6) is -0.353. The maximum atomic E-state index is 13.8. The van der Waals surface area contributed by atoms with Crippen LogP contribution in [0.3, 0.4) is 0 Å². The highest BCUT2D eigenvalue weighted by molar-refractivity contribution is 5.90. The molecular weight excluding hydrogens is 578 g/mol. The first kappa shape index (κ1) is 31.2. The molecule has 1 aromatic carbocycles. The van der Waals surface area contributed by atoms with Gasteiger partial charge < -0.3 is 24.0 Å². The molecule has 6 rings (SSSR count). The van der Waals surface area contributed by atoms with Crippen molar-refractivity contribution in [1.29, 1.82) is 0 Å². The molecule has 2 aromatic heterocycles. The molecule has 0 radical (unpaired) electrons. The average molecular weight is 620 g/mol. The van der Waals surface area contributed by atoms with E-state index in [2.05, 4.69) is 16.8 Å². The molecule has 3 N–H and O–H groups in total. The quantitative estimate of drug-likeness (QED) is 0.0991. The van der Waals surface area contributed by atoms with Crippen LogP contribution in [-0.4, -0.2) is 81.4 Å². The molecule has 0 unspecified atom stereocenters. The summed E-state index contributed by atoms with van der Waals surface area (Å²) < 4.78 is 13.1. The number of nitrogens with zero attached hydrogens (tertiary/aromatic N) is 4. The zero-order valence-corrected chi connectivity index (χ0v) is 25.9. The molecule has 0 aliphatic carbocycles. The van der Waals surface area contributed by atoms with Gasteiger partial charge in [-0.05, 0) is 56.1 Å². The van der Waals surface area contributed by atoms with Crippen molar-refractivity contribution >= 4 is 22.8 Å². The fourth-order valence-corrected chi connectivity index (χ4v) is 6.63. The van der Waals surface area contributed by atoms with E-state index in [1.54, 1.807) is 23.0 Å². The molecule has 0 spiro atoms. The first-order valence-corrected chi connectivity index (χ1v) is 15.8. The molecule has 1 fully saturated rings. The number of esters is 1. The predicted octanol–water partition coefficient (Wildman–Crippen LogP) is 2.66. The number of rotatable bonds is 11. The summed E-state index contributed by atoms with van der Waals surface area (Å²) >= 11 is 0. The lowest BCUT2D eigenvalue weighted by Crippen LogP contribution is -2.44. The van der Waals surface area contributed by atoms with E-state index >= 15 is 0 Å². The van der Waals surface area contributed by atoms with Crippen molar-refractivity contribution in [2.45, 2.75) is 70.7 Å². The number of hydroxylamine groups is 1. The van der Waals surface area contributed by atoms with E-state index in [9.17, 15) is 19.5 Å². The number of nitrogens with one attached hydrogen (secondary N) is 1. The van der Waals surface area contributed by atoms with Gasteiger partial charge in [0.05, 0.1) is 35.6 Å². The minimum absolute atomic E-state index is 0.0953. The largest absolute Gasteiger partial charge is 0.494 e. The molecule has 1 amide bonds. The zero-order valence-electron chi connectivity index (χ0n) is 25.9. The van der Waals surface area contributed by atoms with E-state index in [-0.39, 0.29) is 24.5 Å². The van der Waals surface area contributed by atoms with Gasteiger partial charge in [0.15, 0.2) is 5.60 Å². The number of benzene rings is 1. The normalized spacial score (nSPS) is 19.6. The summed E-state index contributed by atoms with van der Waals surface area (Å²) in [6.07, 6.45) is 3.74. The minimum atomic E-state index is -1.87. The van der Waals surface area contributed by atoms with E-state index in [1.807, 2.05) is 18.2 Å². The summed E-state index contributed by atoms with van der Waals surface area (Å²) in [5.41, 5.74) is 4.32. The average Bonchev–Trinajstić information content (AvgIpc) is 3.42. The Bertz CT molecular complexity index is 1680. The van der Waals surface area contributed by atoms with Crippen LogP contribution >= 0.6 is 0 Å². The number of carbonyl (C=O) groups excluding carboxylic acids is 2. The fraction of sp³-hybridized carbons (Fsp3) is 0.515. The van der Waals surface area contributed by atoms with Gasteiger partial charge in [-0.25, -0.2) is 15.3 Å².